The van der Waals surface area contributed by atoms with Crippen LogP contribution < -0.4 is 21.3 Å². The number of amides is 2. The number of nitrogens with two attached hydrogens (primary N) is 1. The van der Waals surface area contributed by atoms with Crippen LogP contribution in [0.3, 0.4) is 0 Å². The summed E-state index contributed by atoms with van der Waals surface area (Å²) in [6, 6.07) is 21.7. The number of nitrogens with zero attached hydrogens (tertiary/aromatic N) is 4. The first-order valence-corrected chi connectivity index (χ1v) is 12.9. The minimum atomic E-state index is -1.59. The van der Waals surface area contributed by atoms with E-state index in [1.807, 2.05) is 37.9 Å². The van der Waals surface area contributed by atoms with Gasteiger partial charge >= 0.3 is 0 Å². The Labute approximate surface area is 236 Å². The van der Waals surface area contributed by atoms with Gasteiger partial charge in [-0.05, 0) is 67.9 Å². The van der Waals surface area contributed by atoms with Gasteiger partial charge in [-0.1, -0.05) is 30.3 Å². The lowest BCUT2D eigenvalue weighted by atomic mass is 10.00. The first-order chi connectivity index (χ1) is 19.7. The molecule has 0 spiro atoms. The first kappa shape index (κ1) is 27.3. The molecule has 5 rings (SSSR count). The van der Waals surface area contributed by atoms with Crippen molar-refractivity contribution in [2.75, 3.05) is 23.0 Å². The van der Waals surface area contributed by atoms with Gasteiger partial charge in [0.15, 0.2) is 12.1 Å². The van der Waals surface area contributed by atoms with Crippen LogP contribution in [0.15, 0.2) is 78.9 Å². The summed E-state index contributed by atoms with van der Waals surface area (Å²) in [5.74, 6) is -0.324. The maximum Gasteiger partial charge on any atom is 0.255 e. The number of aromatic nitrogens is 4. The molecule has 0 fully saturated rings. The molecule has 2 atom stereocenters. The van der Waals surface area contributed by atoms with Crippen molar-refractivity contribution in [3.8, 4) is 0 Å². The van der Waals surface area contributed by atoms with Crippen LogP contribution in [-0.2, 0) is 4.79 Å². The minimum absolute atomic E-state index is 0.258. The van der Waals surface area contributed by atoms with Gasteiger partial charge < -0.3 is 31.4 Å². The number of hydrogen-bond donors (Lipinski definition) is 5. The van der Waals surface area contributed by atoms with Gasteiger partial charge in [0.2, 0.25) is 5.95 Å². The SMILES string of the molecule is Cc1cc(C)nc(N(C)c2ccc(C(=O)NC(c3ccccc3)C(O)C(=O)Nc3ccc4nc(N)[nH]c4c3)cc2)n1. The van der Waals surface area contributed by atoms with Gasteiger partial charge in [-0.25, -0.2) is 15.0 Å². The normalized spacial score (nSPS) is 12.5. The number of carbonyl (C=O) groups excluding carboxylic acids is 2. The molecule has 6 N–H and O–H groups in total. The smallest absolute Gasteiger partial charge is 0.255 e. The molecule has 41 heavy (non-hydrogen) atoms. The largest absolute Gasteiger partial charge is 0.381 e. The van der Waals surface area contributed by atoms with Crippen LogP contribution in [0.2, 0.25) is 0 Å². The monoisotopic (exact) mass is 550 g/mol. The summed E-state index contributed by atoms with van der Waals surface area (Å²) in [4.78, 5) is 44.2. The minimum Gasteiger partial charge on any atom is -0.381 e. The molecule has 0 aliphatic carbocycles. The van der Waals surface area contributed by atoms with Crippen LogP contribution >= 0.6 is 0 Å². The Hall–Kier alpha value is -5.29. The Bertz CT molecular complexity index is 1680. The number of imidazole rings is 1. The molecule has 0 saturated heterocycles. The zero-order valence-electron chi connectivity index (χ0n) is 22.8. The van der Waals surface area contributed by atoms with E-state index >= 15 is 0 Å². The van der Waals surface area contributed by atoms with Crippen molar-refractivity contribution in [1.82, 2.24) is 25.3 Å². The summed E-state index contributed by atoms with van der Waals surface area (Å²) in [5.41, 5.74) is 10.9. The molecule has 5 aromatic rings. The second kappa shape index (κ2) is 11.4. The molecule has 0 radical (unpaired) electrons. The Morgan fingerprint density at radius 2 is 1.61 bits per heavy atom. The van der Waals surface area contributed by atoms with Crippen molar-refractivity contribution in [3.63, 3.8) is 0 Å². The highest BCUT2D eigenvalue weighted by Crippen LogP contribution is 2.24. The predicted molar refractivity (Wildman–Crippen MR) is 158 cm³/mol. The molecular weight excluding hydrogens is 520 g/mol. The molecule has 11 heteroatoms. The number of fused-ring (bicyclic) bond motifs is 1. The number of hydrogen-bond acceptors (Lipinski definition) is 8. The van der Waals surface area contributed by atoms with Crippen molar-refractivity contribution >= 4 is 46.1 Å². The van der Waals surface area contributed by atoms with Gasteiger partial charge in [0.05, 0.1) is 17.1 Å². The summed E-state index contributed by atoms with van der Waals surface area (Å²) in [5, 5.41) is 16.6. The number of aliphatic hydroxyl groups is 1. The van der Waals surface area contributed by atoms with Gasteiger partial charge in [-0.2, -0.15) is 0 Å². The van der Waals surface area contributed by atoms with E-state index in [9.17, 15) is 14.7 Å². The summed E-state index contributed by atoms with van der Waals surface area (Å²) < 4.78 is 0. The third-order valence-electron chi connectivity index (χ3n) is 6.58. The Morgan fingerprint density at radius 1 is 0.927 bits per heavy atom. The lowest BCUT2D eigenvalue weighted by Crippen LogP contribution is -2.42. The van der Waals surface area contributed by atoms with Crippen LogP contribution in [0.4, 0.5) is 23.3 Å². The maximum atomic E-state index is 13.3. The lowest BCUT2D eigenvalue weighted by Gasteiger charge is -2.24. The summed E-state index contributed by atoms with van der Waals surface area (Å²) in [6.45, 7) is 3.82. The highest BCUT2D eigenvalue weighted by Gasteiger charge is 2.29. The van der Waals surface area contributed by atoms with E-state index in [1.54, 1.807) is 66.7 Å². The van der Waals surface area contributed by atoms with Crippen molar-refractivity contribution in [3.05, 3.63) is 101 Å². The highest BCUT2D eigenvalue weighted by molar-refractivity contribution is 5.98. The summed E-state index contributed by atoms with van der Waals surface area (Å²) in [6.07, 6.45) is -1.59. The zero-order chi connectivity index (χ0) is 29.1. The molecule has 0 bridgehead atoms. The first-order valence-electron chi connectivity index (χ1n) is 12.9. The number of H-pyrrole nitrogens is 1. The molecule has 3 aromatic carbocycles. The topological polar surface area (TPSA) is 162 Å². The Morgan fingerprint density at radius 3 is 2.29 bits per heavy atom. The third kappa shape index (κ3) is 6.15. The molecule has 2 unspecified atom stereocenters. The van der Waals surface area contributed by atoms with E-state index in [0.717, 1.165) is 17.1 Å². The quantitative estimate of drug-likeness (QED) is 0.195. The molecule has 2 heterocycles. The number of carbonyl (C=O) groups is 2. The fraction of sp³-hybridized carbons (Fsp3) is 0.167. The van der Waals surface area contributed by atoms with Crippen molar-refractivity contribution < 1.29 is 14.7 Å². The lowest BCUT2D eigenvalue weighted by molar-refractivity contribution is -0.125. The molecule has 0 aliphatic rings. The van der Waals surface area contributed by atoms with Crippen LogP contribution in [0.1, 0.15) is 33.4 Å². The molecule has 11 nitrogen and oxygen atoms in total. The molecule has 208 valence electrons. The molecule has 2 aromatic heterocycles. The molecular formula is C30H30N8O3. The van der Waals surface area contributed by atoms with Crippen LogP contribution in [0.5, 0.6) is 0 Å². The van der Waals surface area contributed by atoms with Crippen LogP contribution in [-0.4, -0.2) is 50.0 Å². The number of aliphatic hydroxyl groups excluding tert-OH is 1. The maximum absolute atomic E-state index is 13.3. The van der Waals surface area contributed by atoms with E-state index in [4.69, 9.17) is 5.73 Å². The van der Waals surface area contributed by atoms with E-state index in [2.05, 4.69) is 30.6 Å². The summed E-state index contributed by atoms with van der Waals surface area (Å²) in [7, 11) is 1.85. The van der Waals surface area contributed by atoms with Crippen LogP contribution in [0.25, 0.3) is 11.0 Å². The molecule has 0 aliphatic heterocycles. The van der Waals surface area contributed by atoms with E-state index in [-0.39, 0.29) is 5.95 Å². The fourth-order valence-electron chi connectivity index (χ4n) is 4.51. The molecule has 0 saturated carbocycles. The van der Waals surface area contributed by atoms with Gasteiger partial charge in [-0.15, -0.1) is 0 Å². The number of anilines is 4. The second-order valence-electron chi connectivity index (χ2n) is 9.71. The zero-order valence-corrected chi connectivity index (χ0v) is 22.8. The number of nitrogen functional groups attached to an aromatic ring is 1. The second-order valence-corrected chi connectivity index (χ2v) is 9.71. The standard InChI is InChI=1S/C30H30N8O3/c1-17-15-18(2)33-30(32-17)38(3)22-12-9-20(10-13-22)27(40)37-25(19-7-5-4-6-8-19)26(39)28(41)34-21-11-14-23-24(16-21)36-29(31)35-23/h4-16,25-26,39H,1-3H3,(H,34,41)(H,37,40)(H3,31,35,36). The van der Waals surface area contributed by atoms with Gasteiger partial charge in [0.1, 0.15) is 0 Å². The molecule has 2 amide bonds. The number of aromatic amines is 1. The average molecular weight is 551 g/mol. The van der Waals surface area contributed by atoms with Crippen molar-refractivity contribution in [1.29, 1.82) is 0 Å². The van der Waals surface area contributed by atoms with Gasteiger partial charge in [0.25, 0.3) is 11.8 Å². The van der Waals surface area contributed by atoms with Crippen LogP contribution in [0, 0.1) is 13.8 Å². The van der Waals surface area contributed by atoms with E-state index in [1.165, 1.54) is 0 Å². The number of nitrogens with one attached hydrogen (secondary N) is 3. The average Bonchev–Trinajstić information content (AvgIpc) is 3.34. The Kier molecular flexibility index (Phi) is 7.61. The van der Waals surface area contributed by atoms with E-state index < -0.39 is 24.0 Å². The fourth-order valence-corrected chi connectivity index (χ4v) is 4.51. The number of rotatable bonds is 8. The van der Waals surface area contributed by atoms with Gasteiger partial charge in [-0.3, -0.25) is 9.59 Å². The third-order valence-corrected chi connectivity index (χ3v) is 6.58. The number of aryl methyl sites for hydroxylation is 2. The Balaban J connectivity index is 1.33. The van der Waals surface area contributed by atoms with Gasteiger partial charge in [0, 0.05) is 35.4 Å². The predicted octanol–water partition coefficient (Wildman–Crippen LogP) is 3.79. The van der Waals surface area contributed by atoms with E-state index in [0.29, 0.717) is 33.8 Å². The van der Waals surface area contributed by atoms with Crippen molar-refractivity contribution in [2.24, 2.45) is 0 Å². The number of benzene rings is 3. The summed E-state index contributed by atoms with van der Waals surface area (Å²) >= 11 is 0. The van der Waals surface area contributed by atoms with Crippen molar-refractivity contribution in [2.45, 2.75) is 26.0 Å². The highest BCUT2D eigenvalue weighted by atomic mass is 16.3.